The molecule has 0 saturated carbocycles. The molecular weight excluding hydrogens is 418 g/mol. The highest BCUT2D eigenvalue weighted by Crippen LogP contribution is 2.31. The summed E-state index contributed by atoms with van der Waals surface area (Å²) < 4.78 is 10.3. The lowest BCUT2D eigenvalue weighted by Crippen LogP contribution is -2.54. The normalized spacial score (nSPS) is 21.5. The molecule has 0 aromatic heterocycles. The van der Waals surface area contributed by atoms with Gasteiger partial charge in [-0.3, -0.25) is 4.90 Å². The first-order valence-electron chi connectivity index (χ1n) is 11.6. The molecule has 33 heavy (non-hydrogen) atoms. The van der Waals surface area contributed by atoms with E-state index in [9.17, 15) is 9.59 Å². The monoisotopic (exact) mass is 445 g/mol. The predicted molar refractivity (Wildman–Crippen MR) is 122 cm³/mol. The molecule has 2 aromatic carbocycles. The second-order valence-electron chi connectivity index (χ2n) is 9.17. The van der Waals surface area contributed by atoms with E-state index in [2.05, 4.69) is 40.4 Å². The third-order valence-electron chi connectivity index (χ3n) is 7.39. The summed E-state index contributed by atoms with van der Waals surface area (Å²) in [6, 6.07) is 10.1. The fourth-order valence-corrected chi connectivity index (χ4v) is 5.42. The van der Waals surface area contributed by atoms with E-state index < -0.39 is 0 Å². The minimum atomic E-state index is -0.217. The molecule has 4 aliphatic heterocycles. The van der Waals surface area contributed by atoms with E-state index in [0.717, 1.165) is 61.3 Å². The van der Waals surface area contributed by atoms with E-state index in [-0.39, 0.29) is 18.1 Å². The van der Waals surface area contributed by atoms with Crippen LogP contribution in [0, 0.1) is 6.92 Å². The number of hydrogen-bond acceptors (Lipinski definition) is 7. The third-order valence-corrected chi connectivity index (χ3v) is 7.39. The quantitative estimate of drug-likeness (QED) is 0.725. The van der Waals surface area contributed by atoms with Crippen LogP contribution in [0.15, 0.2) is 36.5 Å². The second kappa shape index (κ2) is 7.92. The summed E-state index contributed by atoms with van der Waals surface area (Å²) >= 11 is 0. The van der Waals surface area contributed by atoms with E-state index in [1.54, 1.807) is 0 Å². The fraction of sp³-hybridized carbons (Fsp3) is 0.385. The molecule has 0 radical (unpaired) electrons. The molecule has 2 aromatic rings. The van der Waals surface area contributed by atoms with Crippen molar-refractivity contribution in [2.45, 2.75) is 32.5 Å². The summed E-state index contributed by atoms with van der Waals surface area (Å²) in [5, 5.41) is 3.55. The zero-order chi connectivity index (χ0) is 22.5. The maximum Gasteiger partial charge on any atom is 0.338 e. The van der Waals surface area contributed by atoms with E-state index in [1.165, 1.54) is 16.8 Å². The Morgan fingerprint density at radius 3 is 2.82 bits per heavy atom. The van der Waals surface area contributed by atoms with E-state index in [1.807, 2.05) is 18.2 Å². The van der Waals surface area contributed by atoms with Crippen molar-refractivity contribution in [3.8, 4) is 0 Å². The van der Waals surface area contributed by atoms with Crippen molar-refractivity contribution in [1.29, 1.82) is 0 Å². The average Bonchev–Trinajstić information content (AvgIpc) is 3.42. The number of carbonyl (C=O) groups excluding carboxylic acids is 2. The van der Waals surface area contributed by atoms with Gasteiger partial charge in [0.2, 0.25) is 0 Å². The first-order valence-corrected chi connectivity index (χ1v) is 11.6. The molecule has 0 amide bonds. The Labute approximate surface area is 193 Å². The van der Waals surface area contributed by atoms with Crippen LogP contribution in [-0.2, 0) is 28.9 Å². The summed E-state index contributed by atoms with van der Waals surface area (Å²) in [7, 11) is 0. The van der Waals surface area contributed by atoms with Gasteiger partial charge >= 0.3 is 11.9 Å². The number of carbonyl (C=O) groups is 2. The second-order valence-corrected chi connectivity index (χ2v) is 9.17. The summed E-state index contributed by atoms with van der Waals surface area (Å²) in [5.41, 5.74) is 8.36. The van der Waals surface area contributed by atoms with Crippen molar-refractivity contribution in [2.24, 2.45) is 0 Å². The Kier molecular flexibility index (Phi) is 4.87. The van der Waals surface area contributed by atoms with Gasteiger partial charge in [0.05, 0.1) is 23.4 Å². The highest BCUT2D eigenvalue weighted by Gasteiger charge is 2.33. The van der Waals surface area contributed by atoms with Crippen LogP contribution < -0.4 is 5.32 Å². The van der Waals surface area contributed by atoms with Crippen molar-refractivity contribution in [3.05, 3.63) is 75.5 Å². The summed E-state index contributed by atoms with van der Waals surface area (Å²) in [4.78, 5) is 28.7. The molecule has 0 spiro atoms. The largest absolute Gasteiger partial charge is 0.462 e. The first-order chi connectivity index (χ1) is 16.1. The molecule has 1 atom stereocenters. The average molecular weight is 446 g/mol. The standard InChI is InChI=1S/C26H27N3O4/c1-16-17(2-5-21-22(16)15-33-26(21)31)6-8-28-9-10-29-23(13-27-24(29)14-28)19-3-4-20-18(12-19)7-11-32-25(20)30/h2-5,12-13,24,27H,6-11,14-15H2,1H3. The van der Waals surface area contributed by atoms with E-state index >= 15 is 0 Å². The number of ether oxygens (including phenoxy) is 2. The minimum Gasteiger partial charge on any atom is -0.462 e. The zero-order valence-electron chi connectivity index (χ0n) is 18.7. The van der Waals surface area contributed by atoms with Gasteiger partial charge in [-0.2, -0.15) is 0 Å². The Hall–Kier alpha value is -3.32. The van der Waals surface area contributed by atoms with Crippen LogP contribution in [0.4, 0.5) is 0 Å². The van der Waals surface area contributed by atoms with Crippen LogP contribution in [0.5, 0.6) is 0 Å². The number of nitrogens with zero attached hydrogens (tertiary/aromatic N) is 2. The lowest BCUT2D eigenvalue weighted by Gasteiger charge is -2.40. The van der Waals surface area contributed by atoms with E-state index in [4.69, 9.17) is 9.47 Å². The van der Waals surface area contributed by atoms with Crippen LogP contribution >= 0.6 is 0 Å². The highest BCUT2D eigenvalue weighted by molar-refractivity contribution is 5.94. The lowest BCUT2D eigenvalue weighted by molar-refractivity contribution is 0.0478. The topological polar surface area (TPSA) is 71.1 Å². The predicted octanol–water partition coefficient (Wildman–Crippen LogP) is 2.47. The zero-order valence-corrected chi connectivity index (χ0v) is 18.7. The Morgan fingerprint density at radius 1 is 1.06 bits per heavy atom. The molecule has 4 aliphatic rings. The van der Waals surface area contributed by atoms with Crippen molar-refractivity contribution >= 4 is 17.6 Å². The smallest absolute Gasteiger partial charge is 0.338 e. The highest BCUT2D eigenvalue weighted by atomic mass is 16.5. The molecule has 7 heteroatoms. The summed E-state index contributed by atoms with van der Waals surface area (Å²) in [6.45, 7) is 6.84. The number of benzene rings is 2. The Morgan fingerprint density at radius 2 is 1.91 bits per heavy atom. The molecule has 170 valence electrons. The number of piperazine rings is 1. The van der Waals surface area contributed by atoms with Gasteiger partial charge in [-0.25, -0.2) is 9.59 Å². The van der Waals surface area contributed by atoms with Gasteiger partial charge in [0.15, 0.2) is 0 Å². The van der Waals surface area contributed by atoms with Gasteiger partial charge in [0, 0.05) is 44.4 Å². The van der Waals surface area contributed by atoms with Crippen LogP contribution in [0.1, 0.15) is 48.5 Å². The van der Waals surface area contributed by atoms with Crippen molar-refractivity contribution in [1.82, 2.24) is 15.1 Å². The molecule has 1 fully saturated rings. The summed E-state index contributed by atoms with van der Waals surface area (Å²) in [5.74, 6) is -0.421. The van der Waals surface area contributed by atoms with Crippen LogP contribution in [0.2, 0.25) is 0 Å². The molecule has 4 heterocycles. The lowest BCUT2D eigenvalue weighted by atomic mass is 9.96. The molecule has 7 nitrogen and oxygen atoms in total. The van der Waals surface area contributed by atoms with Crippen molar-refractivity contribution in [2.75, 3.05) is 32.8 Å². The van der Waals surface area contributed by atoms with Crippen molar-refractivity contribution < 1.29 is 19.1 Å². The van der Waals surface area contributed by atoms with Gasteiger partial charge in [-0.1, -0.05) is 12.1 Å². The third kappa shape index (κ3) is 3.47. The van der Waals surface area contributed by atoms with E-state index in [0.29, 0.717) is 18.8 Å². The molecular formula is C26H27N3O4. The number of hydrogen-bond donors (Lipinski definition) is 1. The van der Waals surface area contributed by atoms with Crippen LogP contribution in [0.3, 0.4) is 0 Å². The molecule has 1 saturated heterocycles. The molecule has 0 aliphatic carbocycles. The molecule has 1 N–H and O–H groups in total. The van der Waals surface area contributed by atoms with Gasteiger partial charge in [-0.05, 0) is 53.8 Å². The molecule has 6 rings (SSSR count). The van der Waals surface area contributed by atoms with Gasteiger partial charge in [0.1, 0.15) is 12.8 Å². The maximum absolute atomic E-state index is 12.0. The molecule has 0 bridgehead atoms. The number of nitrogens with one attached hydrogen (secondary N) is 1. The summed E-state index contributed by atoms with van der Waals surface area (Å²) in [6.07, 6.45) is 4.09. The Bertz CT molecular complexity index is 1190. The first kappa shape index (κ1) is 20.3. The fourth-order valence-electron chi connectivity index (χ4n) is 5.42. The maximum atomic E-state index is 12.0. The van der Waals surface area contributed by atoms with Gasteiger partial charge < -0.3 is 19.7 Å². The van der Waals surface area contributed by atoms with Crippen LogP contribution in [-0.4, -0.2) is 60.7 Å². The molecule has 1 unspecified atom stereocenters. The van der Waals surface area contributed by atoms with Gasteiger partial charge in [0.25, 0.3) is 0 Å². The number of cyclic esters (lactones) is 2. The number of esters is 2. The minimum absolute atomic E-state index is 0.203. The number of rotatable bonds is 4. The SMILES string of the molecule is Cc1c(CCN2CCN3C(c4ccc5c(c4)CCOC5=O)=CNC3C2)ccc2c1COC2=O. The van der Waals surface area contributed by atoms with Crippen molar-refractivity contribution in [3.63, 3.8) is 0 Å². The Balaban J connectivity index is 1.10. The van der Waals surface area contributed by atoms with Crippen LogP contribution in [0.25, 0.3) is 5.70 Å². The number of fused-ring (bicyclic) bond motifs is 3. The van der Waals surface area contributed by atoms with Gasteiger partial charge in [-0.15, -0.1) is 0 Å².